The summed E-state index contributed by atoms with van der Waals surface area (Å²) in [6.07, 6.45) is 0. The van der Waals surface area contributed by atoms with Gasteiger partial charge in [0.25, 0.3) is 0 Å². The maximum Gasteiger partial charge on any atom is 0.0653 e. The number of rotatable bonds is 4. The SMILES string of the molecule is Clc1cc(Cl)c(NCCN2CCOCC2)cc1Cl. The smallest absolute Gasteiger partial charge is 0.0653 e. The Kier molecular flexibility index (Phi) is 5.39. The summed E-state index contributed by atoms with van der Waals surface area (Å²) in [6, 6.07) is 3.41. The van der Waals surface area contributed by atoms with Crippen molar-refractivity contribution in [1.29, 1.82) is 0 Å². The Morgan fingerprint density at radius 1 is 1.06 bits per heavy atom. The fourth-order valence-corrected chi connectivity index (χ4v) is 2.45. The third-order valence-corrected chi connectivity index (χ3v) is 3.89. The molecule has 0 atom stereocenters. The van der Waals surface area contributed by atoms with Crippen LogP contribution in [0.1, 0.15) is 0 Å². The van der Waals surface area contributed by atoms with Crippen molar-refractivity contribution < 1.29 is 4.74 Å². The zero-order valence-electron chi connectivity index (χ0n) is 9.89. The highest BCUT2D eigenvalue weighted by Crippen LogP contribution is 2.32. The fourth-order valence-electron chi connectivity index (χ4n) is 1.83. The van der Waals surface area contributed by atoms with E-state index in [0.29, 0.717) is 15.1 Å². The van der Waals surface area contributed by atoms with E-state index in [0.717, 1.165) is 45.1 Å². The second-order valence-electron chi connectivity index (χ2n) is 4.13. The Labute approximate surface area is 122 Å². The average Bonchev–Trinajstić information content (AvgIpc) is 2.37. The van der Waals surface area contributed by atoms with Crippen molar-refractivity contribution in [3.05, 3.63) is 27.2 Å². The molecule has 1 fully saturated rings. The Bertz CT molecular complexity index is 409. The third-order valence-electron chi connectivity index (χ3n) is 2.86. The predicted octanol–water partition coefficient (Wildman–Crippen LogP) is 3.39. The Hall–Kier alpha value is -0.190. The van der Waals surface area contributed by atoms with E-state index in [1.807, 2.05) is 0 Å². The fraction of sp³-hybridized carbons (Fsp3) is 0.500. The first-order chi connectivity index (χ1) is 8.66. The molecule has 0 amide bonds. The van der Waals surface area contributed by atoms with Gasteiger partial charge in [-0.05, 0) is 12.1 Å². The van der Waals surface area contributed by atoms with Crippen LogP contribution in [-0.2, 0) is 4.74 Å². The van der Waals surface area contributed by atoms with Gasteiger partial charge < -0.3 is 10.1 Å². The van der Waals surface area contributed by atoms with Gasteiger partial charge in [0.05, 0.1) is 34.0 Å². The first-order valence-electron chi connectivity index (χ1n) is 5.85. The standard InChI is InChI=1S/C12H15Cl3N2O/c13-9-7-11(15)12(8-10(9)14)16-1-2-17-3-5-18-6-4-17/h7-8,16H,1-6H2. The summed E-state index contributed by atoms with van der Waals surface area (Å²) in [5.74, 6) is 0. The molecule has 0 aromatic heterocycles. The summed E-state index contributed by atoms with van der Waals surface area (Å²) >= 11 is 17.9. The summed E-state index contributed by atoms with van der Waals surface area (Å²) in [5, 5.41) is 4.84. The van der Waals surface area contributed by atoms with E-state index in [1.54, 1.807) is 12.1 Å². The van der Waals surface area contributed by atoms with Gasteiger partial charge in [0, 0.05) is 26.2 Å². The lowest BCUT2D eigenvalue weighted by Gasteiger charge is -2.26. The van der Waals surface area contributed by atoms with Gasteiger partial charge in [-0.25, -0.2) is 0 Å². The molecular formula is C12H15Cl3N2O. The number of anilines is 1. The van der Waals surface area contributed by atoms with Crippen LogP contribution in [0.2, 0.25) is 15.1 Å². The lowest BCUT2D eigenvalue weighted by molar-refractivity contribution is 0.0398. The summed E-state index contributed by atoms with van der Waals surface area (Å²) in [5.41, 5.74) is 0.819. The zero-order valence-corrected chi connectivity index (χ0v) is 12.2. The van der Waals surface area contributed by atoms with Gasteiger partial charge in [-0.15, -0.1) is 0 Å². The number of morpholine rings is 1. The maximum absolute atomic E-state index is 6.08. The second kappa shape index (κ2) is 6.83. The minimum absolute atomic E-state index is 0.473. The summed E-state index contributed by atoms with van der Waals surface area (Å²) in [4.78, 5) is 2.35. The van der Waals surface area contributed by atoms with Crippen LogP contribution in [0.15, 0.2) is 12.1 Å². The van der Waals surface area contributed by atoms with Crippen molar-refractivity contribution in [2.75, 3.05) is 44.7 Å². The van der Waals surface area contributed by atoms with Crippen LogP contribution in [-0.4, -0.2) is 44.3 Å². The van der Waals surface area contributed by atoms with E-state index in [2.05, 4.69) is 10.2 Å². The minimum Gasteiger partial charge on any atom is -0.383 e. The molecule has 2 rings (SSSR count). The van der Waals surface area contributed by atoms with E-state index in [9.17, 15) is 0 Å². The van der Waals surface area contributed by atoms with Crippen LogP contribution < -0.4 is 5.32 Å². The number of benzene rings is 1. The molecule has 6 heteroatoms. The second-order valence-corrected chi connectivity index (χ2v) is 5.35. The number of nitrogens with one attached hydrogen (secondary N) is 1. The van der Waals surface area contributed by atoms with Crippen LogP contribution in [0.3, 0.4) is 0 Å². The lowest BCUT2D eigenvalue weighted by atomic mass is 10.3. The Balaban J connectivity index is 1.84. The third kappa shape index (κ3) is 3.90. The summed E-state index contributed by atoms with van der Waals surface area (Å²) in [6.45, 7) is 5.37. The molecule has 0 radical (unpaired) electrons. The largest absolute Gasteiger partial charge is 0.383 e. The molecule has 0 saturated carbocycles. The van der Waals surface area contributed by atoms with E-state index in [1.165, 1.54) is 0 Å². The highest BCUT2D eigenvalue weighted by molar-refractivity contribution is 6.44. The number of nitrogens with zero attached hydrogens (tertiary/aromatic N) is 1. The monoisotopic (exact) mass is 308 g/mol. The summed E-state index contributed by atoms with van der Waals surface area (Å²) < 4.78 is 5.30. The predicted molar refractivity (Wildman–Crippen MR) is 77.2 cm³/mol. The van der Waals surface area contributed by atoms with E-state index in [-0.39, 0.29) is 0 Å². The van der Waals surface area contributed by atoms with Crippen molar-refractivity contribution in [2.45, 2.75) is 0 Å². The van der Waals surface area contributed by atoms with Crippen LogP contribution in [0.4, 0.5) is 5.69 Å². The number of hydrogen-bond acceptors (Lipinski definition) is 3. The zero-order chi connectivity index (χ0) is 13.0. The van der Waals surface area contributed by atoms with E-state index in [4.69, 9.17) is 39.5 Å². The van der Waals surface area contributed by atoms with Crippen LogP contribution >= 0.6 is 34.8 Å². The molecule has 0 aliphatic carbocycles. The number of halogens is 3. The molecule has 0 spiro atoms. The summed E-state index contributed by atoms with van der Waals surface area (Å²) in [7, 11) is 0. The molecule has 1 aromatic rings. The molecular weight excluding hydrogens is 295 g/mol. The van der Waals surface area contributed by atoms with Gasteiger partial charge in [0.1, 0.15) is 0 Å². The normalized spacial score (nSPS) is 16.8. The highest BCUT2D eigenvalue weighted by Gasteiger charge is 2.10. The Morgan fingerprint density at radius 3 is 2.44 bits per heavy atom. The molecule has 1 saturated heterocycles. The van der Waals surface area contributed by atoms with Crippen molar-refractivity contribution in [3.8, 4) is 0 Å². The van der Waals surface area contributed by atoms with Crippen molar-refractivity contribution in [1.82, 2.24) is 4.90 Å². The average molecular weight is 310 g/mol. The topological polar surface area (TPSA) is 24.5 Å². The maximum atomic E-state index is 6.08. The first kappa shape index (κ1) is 14.2. The molecule has 1 N–H and O–H groups in total. The van der Waals surface area contributed by atoms with Gasteiger partial charge in [-0.1, -0.05) is 34.8 Å². The van der Waals surface area contributed by atoms with Gasteiger partial charge >= 0.3 is 0 Å². The molecule has 1 aliphatic heterocycles. The van der Waals surface area contributed by atoms with Gasteiger partial charge in [-0.3, -0.25) is 4.90 Å². The highest BCUT2D eigenvalue weighted by atomic mass is 35.5. The van der Waals surface area contributed by atoms with Gasteiger partial charge in [0.15, 0.2) is 0 Å². The van der Waals surface area contributed by atoms with Gasteiger partial charge in [-0.2, -0.15) is 0 Å². The molecule has 3 nitrogen and oxygen atoms in total. The molecule has 0 bridgehead atoms. The van der Waals surface area contributed by atoms with Crippen molar-refractivity contribution >= 4 is 40.5 Å². The van der Waals surface area contributed by atoms with Crippen molar-refractivity contribution in [2.24, 2.45) is 0 Å². The lowest BCUT2D eigenvalue weighted by Crippen LogP contribution is -2.39. The van der Waals surface area contributed by atoms with Gasteiger partial charge in [0.2, 0.25) is 0 Å². The molecule has 18 heavy (non-hydrogen) atoms. The number of hydrogen-bond donors (Lipinski definition) is 1. The van der Waals surface area contributed by atoms with Crippen LogP contribution in [0, 0.1) is 0 Å². The van der Waals surface area contributed by atoms with Crippen molar-refractivity contribution in [3.63, 3.8) is 0 Å². The number of ether oxygens (including phenoxy) is 1. The first-order valence-corrected chi connectivity index (χ1v) is 6.99. The quantitative estimate of drug-likeness (QED) is 0.863. The van der Waals surface area contributed by atoms with E-state index < -0.39 is 0 Å². The van der Waals surface area contributed by atoms with Crippen LogP contribution in [0.5, 0.6) is 0 Å². The van der Waals surface area contributed by atoms with E-state index >= 15 is 0 Å². The molecule has 1 heterocycles. The molecule has 100 valence electrons. The Morgan fingerprint density at radius 2 is 1.72 bits per heavy atom. The molecule has 1 aromatic carbocycles. The molecule has 0 unspecified atom stereocenters. The molecule has 1 aliphatic rings. The minimum atomic E-state index is 0.473. The van der Waals surface area contributed by atoms with Crippen LogP contribution in [0.25, 0.3) is 0 Å².